The Bertz CT molecular complexity index is 449. The molecular formula is C20H35BrO2Si. The van der Waals surface area contributed by atoms with Gasteiger partial charge in [0.2, 0.25) is 0 Å². The molecule has 0 N–H and O–H groups in total. The van der Waals surface area contributed by atoms with Crippen molar-refractivity contribution in [3.8, 4) is 0 Å². The van der Waals surface area contributed by atoms with Crippen molar-refractivity contribution in [1.82, 2.24) is 0 Å². The van der Waals surface area contributed by atoms with Crippen LogP contribution in [0.15, 0.2) is 28.7 Å². The first kappa shape index (κ1) is 21.9. The molecule has 138 valence electrons. The van der Waals surface area contributed by atoms with E-state index in [0.717, 1.165) is 17.7 Å². The SMILES string of the molecule is CC(C)[Si](OC[C@H](C)COCc1ccc(Br)cc1)(C(C)C)C(C)C. The van der Waals surface area contributed by atoms with Crippen molar-refractivity contribution in [3.63, 3.8) is 0 Å². The monoisotopic (exact) mass is 414 g/mol. The van der Waals surface area contributed by atoms with Crippen molar-refractivity contribution in [2.75, 3.05) is 13.2 Å². The fourth-order valence-corrected chi connectivity index (χ4v) is 9.63. The average molecular weight is 415 g/mol. The van der Waals surface area contributed by atoms with Crippen LogP contribution >= 0.6 is 15.9 Å². The molecule has 0 heterocycles. The van der Waals surface area contributed by atoms with Crippen molar-refractivity contribution in [1.29, 1.82) is 0 Å². The molecule has 24 heavy (non-hydrogen) atoms. The lowest BCUT2D eigenvalue weighted by Gasteiger charge is -2.42. The van der Waals surface area contributed by atoms with E-state index in [-0.39, 0.29) is 0 Å². The number of benzene rings is 1. The van der Waals surface area contributed by atoms with Crippen molar-refractivity contribution < 1.29 is 9.16 Å². The summed E-state index contributed by atoms with van der Waals surface area (Å²) in [6, 6.07) is 8.30. The maximum Gasteiger partial charge on any atom is 0.200 e. The van der Waals surface area contributed by atoms with Crippen molar-refractivity contribution in [2.24, 2.45) is 5.92 Å². The molecule has 1 aromatic carbocycles. The Morgan fingerprint density at radius 3 is 1.79 bits per heavy atom. The summed E-state index contributed by atoms with van der Waals surface area (Å²) in [5.74, 6) is 0.420. The normalized spacial score (nSPS) is 14.0. The lowest BCUT2D eigenvalue weighted by Crippen LogP contribution is -2.48. The van der Waals surface area contributed by atoms with Crippen molar-refractivity contribution in [3.05, 3.63) is 34.3 Å². The quantitative estimate of drug-likeness (QED) is 0.392. The predicted octanol–water partition coefficient (Wildman–Crippen LogP) is 6.79. The molecule has 1 aromatic rings. The van der Waals surface area contributed by atoms with Gasteiger partial charge in [-0.25, -0.2) is 0 Å². The zero-order valence-electron chi connectivity index (χ0n) is 16.4. The third kappa shape index (κ3) is 5.97. The van der Waals surface area contributed by atoms with Gasteiger partial charge in [-0.2, -0.15) is 0 Å². The van der Waals surface area contributed by atoms with E-state index >= 15 is 0 Å². The maximum absolute atomic E-state index is 6.65. The Balaban J connectivity index is 2.48. The molecule has 0 amide bonds. The molecule has 4 heteroatoms. The summed E-state index contributed by atoms with van der Waals surface area (Å²) in [7, 11) is -1.76. The molecule has 0 radical (unpaired) electrons. The number of rotatable bonds is 10. The molecule has 0 aliphatic heterocycles. The Morgan fingerprint density at radius 1 is 0.833 bits per heavy atom. The Kier molecular flexibility index (Phi) is 9.21. The van der Waals surface area contributed by atoms with Crippen LogP contribution in [0.25, 0.3) is 0 Å². The lowest BCUT2D eigenvalue weighted by atomic mass is 10.2. The number of halogens is 1. The first-order valence-electron chi connectivity index (χ1n) is 9.16. The van der Waals surface area contributed by atoms with Gasteiger partial charge in [0.1, 0.15) is 0 Å². The summed E-state index contributed by atoms with van der Waals surface area (Å²) in [5, 5.41) is 0. The Hall–Kier alpha value is -0.163. The summed E-state index contributed by atoms with van der Waals surface area (Å²) in [4.78, 5) is 0. The fourth-order valence-electron chi connectivity index (χ4n) is 3.79. The minimum Gasteiger partial charge on any atom is -0.416 e. The molecule has 0 saturated carbocycles. The second-order valence-corrected chi connectivity index (χ2v) is 14.3. The highest BCUT2D eigenvalue weighted by molar-refractivity contribution is 9.10. The first-order chi connectivity index (χ1) is 11.2. The van der Waals surface area contributed by atoms with Crippen LogP contribution in [0, 0.1) is 5.92 Å². The van der Waals surface area contributed by atoms with Gasteiger partial charge in [-0.1, -0.05) is 76.5 Å². The molecule has 0 fully saturated rings. The number of hydrogen-bond donors (Lipinski definition) is 0. The molecule has 0 spiro atoms. The van der Waals surface area contributed by atoms with Crippen molar-refractivity contribution >= 4 is 24.2 Å². The highest BCUT2D eigenvalue weighted by atomic mass is 79.9. The van der Waals surface area contributed by atoms with E-state index in [2.05, 4.69) is 88.7 Å². The lowest BCUT2D eigenvalue weighted by molar-refractivity contribution is 0.0707. The van der Waals surface area contributed by atoms with Gasteiger partial charge in [0.15, 0.2) is 8.32 Å². The van der Waals surface area contributed by atoms with Gasteiger partial charge in [-0.3, -0.25) is 0 Å². The molecule has 0 aliphatic carbocycles. The number of ether oxygens (including phenoxy) is 1. The maximum atomic E-state index is 6.65. The van der Waals surface area contributed by atoms with Crippen LogP contribution in [-0.2, 0) is 15.8 Å². The van der Waals surface area contributed by atoms with E-state index < -0.39 is 8.32 Å². The minimum absolute atomic E-state index is 0.420. The summed E-state index contributed by atoms with van der Waals surface area (Å²) in [5.41, 5.74) is 3.11. The van der Waals surface area contributed by atoms with Crippen LogP contribution in [0.1, 0.15) is 54.0 Å². The van der Waals surface area contributed by atoms with Crippen LogP contribution in [0.5, 0.6) is 0 Å². The molecule has 0 aliphatic rings. The summed E-state index contributed by atoms with van der Waals surface area (Å²) in [6.45, 7) is 18.4. The molecule has 0 bridgehead atoms. The molecule has 0 aromatic heterocycles. The van der Waals surface area contributed by atoms with E-state index in [0.29, 0.717) is 29.1 Å². The van der Waals surface area contributed by atoms with Gasteiger partial charge in [0, 0.05) is 17.0 Å². The zero-order chi connectivity index (χ0) is 18.3. The van der Waals surface area contributed by atoms with Gasteiger partial charge < -0.3 is 9.16 Å². The second kappa shape index (κ2) is 10.1. The smallest absolute Gasteiger partial charge is 0.200 e. The molecule has 0 unspecified atom stereocenters. The first-order valence-corrected chi connectivity index (χ1v) is 12.1. The Morgan fingerprint density at radius 2 is 1.33 bits per heavy atom. The highest BCUT2D eigenvalue weighted by Crippen LogP contribution is 2.42. The van der Waals surface area contributed by atoms with Gasteiger partial charge in [-0.15, -0.1) is 0 Å². The molecule has 0 saturated heterocycles. The fraction of sp³-hybridized carbons (Fsp3) is 0.700. The van der Waals surface area contributed by atoms with Crippen LogP contribution in [0.4, 0.5) is 0 Å². The molecule has 1 rings (SSSR count). The third-order valence-electron chi connectivity index (χ3n) is 4.91. The molecular weight excluding hydrogens is 380 g/mol. The van der Waals surface area contributed by atoms with E-state index in [4.69, 9.17) is 9.16 Å². The standard InChI is InChI=1S/C20H35BrO2Si/c1-15(2)24(16(3)4,17(5)6)23-13-18(7)12-22-14-19-8-10-20(21)11-9-19/h8-11,15-18H,12-14H2,1-7H3/t18-/m1/s1. The summed E-state index contributed by atoms with van der Waals surface area (Å²) >= 11 is 3.46. The van der Waals surface area contributed by atoms with Crippen LogP contribution in [-0.4, -0.2) is 21.5 Å². The van der Waals surface area contributed by atoms with E-state index in [1.54, 1.807) is 0 Å². The molecule has 1 atom stereocenters. The third-order valence-corrected chi connectivity index (χ3v) is 11.5. The minimum atomic E-state index is -1.76. The van der Waals surface area contributed by atoms with E-state index in [1.165, 1.54) is 5.56 Å². The second-order valence-electron chi connectivity index (χ2n) is 7.88. The van der Waals surface area contributed by atoms with Gasteiger partial charge in [-0.05, 0) is 34.3 Å². The van der Waals surface area contributed by atoms with Gasteiger partial charge in [0.25, 0.3) is 0 Å². The van der Waals surface area contributed by atoms with E-state index in [1.807, 2.05) is 0 Å². The number of hydrogen-bond acceptors (Lipinski definition) is 2. The molecule has 2 nitrogen and oxygen atoms in total. The summed E-state index contributed by atoms with van der Waals surface area (Å²) < 4.78 is 13.6. The van der Waals surface area contributed by atoms with E-state index in [9.17, 15) is 0 Å². The van der Waals surface area contributed by atoms with Crippen LogP contribution < -0.4 is 0 Å². The average Bonchev–Trinajstić information content (AvgIpc) is 2.48. The largest absolute Gasteiger partial charge is 0.416 e. The van der Waals surface area contributed by atoms with Crippen LogP contribution in [0.2, 0.25) is 16.6 Å². The van der Waals surface area contributed by atoms with Crippen LogP contribution in [0.3, 0.4) is 0 Å². The van der Waals surface area contributed by atoms with Gasteiger partial charge in [0.05, 0.1) is 13.2 Å². The zero-order valence-corrected chi connectivity index (χ0v) is 19.0. The predicted molar refractivity (Wildman–Crippen MR) is 110 cm³/mol. The van der Waals surface area contributed by atoms with Crippen molar-refractivity contribution in [2.45, 2.75) is 71.7 Å². The summed E-state index contributed by atoms with van der Waals surface area (Å²) in [6.07, 6.45) is 0. The highest BCUT2D eigenvalue weighted by Gasteiger charge is 2.45. The topological polar surface area (TPSA) is 18.5 Å². The van der Waals surface area contributed by atoms with Gasteiger partial charge >= 0.3 is 0 Å². The Labute approximate surface area is 158 Å².